The maximum Gasteiger partial charge on any atom is 0.267 e. The third-order valence-electron chi connectivity index (χ3n) is 11.4. The van der Waals surface area contributed by atoms with Gasteiger partial charge in [-0.15, -0.1) is 20.4 Å². The van der Waals surface area contributed by atoms with Crippen molar-refractivity contribution >= 4 is 61.8 Å². The number of aromatic nitrogens is 20. The zero-order chi connectivity index (χ0) is 61.9. The number of likely N-dealkylation sites (N-methyl/N-ethyl adjacent to an activating group) is 1. The van der Waals surface area contributed by atoms with E-state index in [-0.39, 0.29) is 18.4 Å². The first-order valence-corrected chi connectivity index (χ1v) is 26.5. The molecule has 27 heteroatoms. The summed E-state index contributed by atoms with van der Waals surface area (Å²) < 4.78 is 10.9. The van der Waals surface area contributed by atoms with Crippen LogP contribution in [0.1, 0.15) is 17.5 Å². The van der Waals surface area contributed by atoms with Crippen molar-refractivity contribution < 1.29 is 9.59 Å². The maximum absolute atomic E-state index is 10.4. The fourth-order valence-electron chi connectivity index (χ4n) is 6.83. The Bertz CT molecular complexity index is 3650. The Morgan fingerprint density at radius 2 is 1.15 bits per heavy atom. The third kappa shape index (κ3) is 24.0. The number of hydrazone groups is 1. The molecule has 0 aliphatic carbocycles. The molecule has 2 amide bonds. The smallest absolute Gasteiger partial charge is 0.267 e. The molecule has 15 rings (SSSR count). The zero-order valence-corrected chi connectivity index (χ0v) is 50.0. The van der Waals surface area contributed by atoms with Crippen molar-refractivity contribution in [2.24, 2.45) is 64.8 Å². The predicted molar refractivity (Wildman–Crippen MR) is 330 cm³/mol. The van der Waals surface area contributed by atoms with Gasteiger partial charge in [0.05, 0.1) is 54.3 Å². The van der Waals surface area contributed by atoms with E-state index >= 15 is 0 Å². The van der Waals surface area contributed by atoms with Crippen molar-refractivity contribution in [1.82, 2.24) is 109 Å². The Morgan fingerprint density at radius 3 is 1.58 bits per heavy atom. The molecule has 0 spiro atoms. The third-order valence-corrected chi connectivity index (χ3v) is 11.4. The lowest BCUT2D eigenvalue weighted by Gasteiger charge is -1.98. The normalized spacial score (nSPS) is 11.2. The van der Waals surface area contributed by atoms with Crippen LogP contribution in [0.25, 0.3) is 43.7 Å². The van der Waals surface area contributed by atoms with Gasteiger partial charge in [0.25, 0.3) is 5.91 Å². The fourth-order valence-corrected chi connectivity index (χ4v) is 6.83. The molecule has 13 aromatic rings. The molecule has 0 atom stereocenters. The number of amides is 2. The number of tetrazole rings is 2. The van der Waals surface area contributed by atoms with Crippen LogP contribution in [0.5, 0.6) is 0 Å². The number of hydrogen-bond donors (Lipinski definition) is 0. The topological polar surface area (TPSA) is 280 Å². The second-order valence-corrected chi connectivity index (χ2v) is 18.3. The molecule has 9 aromatic heterocycles. The number of aryl methyl sites for hydroxylation is 9. The fraction of sp³-hybridized carbons (Fsp3) is 0.220. The maximum atomic E-state index is 10.4. The average Bonchev–Trinajstić information content (AvgIpc) is 4.10. The molecule has 0 radical (unpaired) electrons. The number of fused-ring (bicyclic) bond motifs is 4. The highest BCUT2D eigenvalue weighted by molar-refractivity contribution is 5.93. The van der Waals surface area contributed by atoms with E-state index in [1.54, 1.807) is 74.8 Å². The van der Waals surface area contributed by atoms with Crippen LogP contribution >= 0.6 is 0 Å². The Kier molecular flexibility index (Phi) is 27.5. The van der Waals surface area contributed by atoms with Crippen LogP contribution in [0, 0.1) is 13.8 Å². The van der Waals surface area contributed by atoms with E-state index in [0.717, 1.165) is 11.0 Å². The van der Waals surface area contributed by atoms with Gasteiger partial charge in [-0.3, -0.25) is 33.6 Å². The number of pyridine rings is 2. The molecule has 0 fully saturated rings. The Balaban J connectivity index is 0.000000174. The summed E-state index contributed by atoms with van der Waals surface area (Å²) >= 11 is 0. The molecule has 2 aliphatic rings. The number of nitrogens with zero attached hydrogens (tertiary/aromatic N) is 25. The highest BCUT2D eigenvalue weighted by Crippen LogP contribution is 2.14. The molecule has 0 saturated carbocycles. The standard InChI is InChI=1S/C10H9N.C9H9N.2C8H8N2.C6H7N.C4H6N2O.C4H6N2.C3H5N3O.C3H5N3.2C2H4N4/c1-8-6-9-4-2-3-5-10(9)11-7-8;1-10-7-6-8-4-2-3-5-9(8)10;1-10-6-9-7-4-2-3-5-8(7)10;1-10-8-5-3-2-4-7(8)6-9-10;1-6-2-4-7-5-3-6;1-6-4(7)2-3-5-6;1-6-4-2-3-5-6;1-6-3(7)2-4-5-6;1-6-3-2-4-5-6;1-6-2-3-4-5-6;1-6-4-2-3-5-6/h2-7H,1H3;2-7H,1H3;2*2-6H,1H3;2-5H,1H3;3H,2H2,1H3;2-4H,1H3;2H2,1H3;2-3H,1H3;2*2H,1H3. The van der Waals surface area contributed by atoms with E-state index in [0.29, 0.717) is 6.42 Å². The minimum Gasteiger partial charge on any atom is -0.351 e. The van der Waals surface area contributed by atoms with Crippen LogP contribution in [0.2, 0.25) is 0 Å². The van der Waals surface area contributed by atoms with Gasteiger partial charge in [0.1, 0.15) is 12.9 Å². The quantitative estimate of drug-likeness (QED) is 0.141. The minimum atomic E-state index is -0.0417. The Morgan fingerprint density at radius 1 is 0.465 bits per heavy atom. The largest absolute Gasteiger partial charge is 0.351 e. The molecule has 0 unspecified atom stereocenters. The average molecular weight is 1160 g/mol. The van der Waals surface area contributed by atoms with E-state index in [1.807, 2.05) is 136 Å². The van der Waals surface area contributed by atoms with Crippen LogP contribution in [-0.4, -0.2) is 148 Å². The first-order valence-electron chi connectivity index (χ1n) is 26.5. The van der Waals surface area contributed by atoms with Gasteiger partial charge in [-0.25, -0.2) is 19.7 Å². The van der Waals surface area contributed by atoms with Crippen molar-refractivity contribution in [2.75, 3.05) is 20.6 Å². The molecular weight excluding hydrogens is 1090 g/mol. The summed E-state index contributed by atoms with van der Waals surface area (Å²) in [4.78, 5) is 34.4. The van der Waals surface area contributed by atoms with Crippen molar-refractivity contribution in [3.05, 3.63) is 213 Å². The number of carbonyl (C=O) groups excluding carboxylic acids is 2. The van der Waals surface area contributed by atoms with Crippen molar-refractivity contribution in [3.8, 4) is 0 Å². The van der Waals surface area contributed by atoms with Crippen molar-refractivity contribution in [3.63, 3.8) is 0 Å². The predicted octanol–water partition coefficient (Wildman–Crippen LogP) is 7.57. The summed E-state index contributed by atoms with van der Waals surface area (Å²) in [5.41, 5.74) is 8.26. The van der Waals surface area contributed by atoms with Gasteiger partial charge in [-0.05, 0) is 107 Å². The van der Waals surface area contributed by atoms with Crippen LogP contribution in [0.4, 0.5) is 0 Å². The van der Waals surface area contributed by atoms with Gasteiger partial charge < -0.3 is 9.13 Å². The Hall–Kier alpha value is -11.4. The summed E-state index contributed by atoms with van der Waals surface area (Å²) in [6, 6.07) is 42.8. The molecule has 27 nitrogen and oxygen atoms in total. The van der Waals surface area contributed by atoms with Crippen molar-refractivity contribution in [1.29, 1.82) is 0 Å². The zero-order valence-electron chi connectivity index (χ0n) is 50.0. The van der Waals surface area contributed by atoms with E-state index < -0.39 is 0 Å². The SMILES string of the molecule is CN1N=CCC1=O.CN1N=NCC1=O.Cc1ccncc1.Cc1cnc2ccccc2c1.Cn1ccc2ccccc21.Cn1cccn1.Cn1ccnn1.Cn1cnc2ccccc21.Cn1cnnn1.Cn1ncc2ccccc21.Cn1ncnn1. The lowest BCUT2D eigenvalue weighted by atomic mass is 10.2. The second kappa shape index (κ2) is 36.2. The number of benzene rings is 4. The van der Waals surface area contributed by atoms with Gasteiger partial charge >= 0.3 is 0 Å². The van der Waals surface area contributed by atoms with Gasteiger partial charge in [0.15, 0.2) is 6.33 Å². The summed E-state index contributed by atoms with van der Waals surface area (Å²) in [6.07, 6.45) is 23.3. The molecule has 11 heterocycles. The van der Waals surface area contributed by atoms with Crippen LogP contribution in [-0.2, 0) is 58.9 Å². The number of carbonyl (C=O) groups is 2. The molecule has 0 N–H and O–H groups in total. The molecular formula is C59H71N25O2. The number of para-hydroxylation sites is 5. The summed E-state index contributed by atoms with van der Waals surface area (Å²) in [5.74, 6) is 0.0278. The second-order valence-electron chi connectivity index (χ2n) is 18.3. The van der Waals surface area contributed by atoms with Gasteiger partial charge in [-0.2, -0.15) is 25.2 Å². The summed E-state index contributed by atoms with van der Waals surface area (Å²) in [7, 11) is 16.4. The molecule has 4 aromatic carbocycles. The summed E-state index contributed by atoms with van der Waals surface area (Å²) in [6.45, 7) is 4.32. The molecule has 444 valence electrons. The van der Waals surface area contributed by atoms with E-state index in [2.05, 4.69) is 167 Å². The van der Waals surface area contributed by atoms with E-state index in [9.17, 15) is 9.59 Å². The molecule has 86 heavy (non-hydrogen) atoms. The molecule has 0 saturated heterocycles. The number of rotatable bonds is 0. The van der Waals surface area contributed by atoms with Crippen LogP contribution in [0.15, 0.2) is 218 Å². The van der Waals surface area contributed by atoms with E-state index in [1.165, 1.54) is 76.0 Å². The number of hydrogen-bond acceptors (Lipinski definition) is 18. The lowest BCUT2D eigenvalue weighted by molar-refractivity contribution is -0.127. The Labute approximate surface area is 497 Å². The molecule has 0 bridgehead atoms. The first kappa shape index (κ1) is 65.4. The van der Waals surface area contributed by atoms with E-state index in [4.69, 9.17) is 0 Å². The minimum absolute atomic E-state index is 0.0417. The highest BCUT2D eigenvalue weighted by Gasteiger charge is 2.11. The highest BCUT2D eigenvalue weighted by atomic mass is 16.2. The monoisotopic (exact) mass is 1160 g/mol. The van der Waals surface area contributed by atoms with Gasteiger partial charge in [0, 0.05) is 122 Å². The van der Waals surface area contributed by atoms with Crippen LogP contribution < -0.4 is 0 Å². The van der Waals surface area contributed by atoms with Crippen LogP contribution in [0.3, 0.4) is 0 Å². The number of imidazole rings is 1. The van der Waals surface area contributed by atoms with Gasteiger partial charge in [0.2, 0.25) is 5.91 Å². The summed E-state index contributed by atoms with van der Waals surface area (Å²) in [5, 5.41) is 52.6. The lowest BCUT2D eigenvalue weighted by Crippen LogP contribution is -2.16. The first-order chi connectivity index (χ1) is 41.6. The molecule has 2 aliphatic heterocycles. The van der Waals surface area contributed by atoms with Gasteiger partial charge in [-0.1, -0.05) is 77.2 Å². The van der Waals surface area contributed by atoms with Crippen molar-refractivity contribution in [2.45, 2.75) is 20.3 Å².